The van der Waals surface area contributed by atoms with Crippen LogP contribution in [0.15, 0.2) is 6.33 Å². The predicted octanol–water partition coefficient (Wildman–Crippen LogP) is 0.203. The van der Waals surface area contributed by atoms with Crippen LogP contribution in [0.4, 0.5) is 0 Å². The van der Waals surface area contributed by atoms with Gasteiger partial charge in [0, 0.05) is 6.54 Å². The first kappa shape index (κ1) is 11.6. The number of carboxylic acid groups (broad SMARTS) is 1. The Morgan fingerprint density at radius 2 is 2.40 bits per heavy atom. The number of aliphatic carboxylic acids is 1. The Kier molecular flexibility index (Phi) is 3.79. The van der Waals surface area contributed by atoms with Crippen molar-refractivity contribution in [1.82, 2.24) is 19.7 Å². The smallest absolute Gasteiger partial charge is 0.320 e. The van der Waals surface area contributed by atoms with E-state index in [-0.39, 0.29) is 0 Å². The number of carbonyl (C=O) groups is 1. The van der Waals surface area contributed by atoms with E-state index < -0.39 is 12.0 Å². The van der Waals surface area contributed by atoms with Gasteiger partial charge in [-0.3, -0.25) is 9.69 Å². The molecule has 0 saturated carbocycles. The lowest BCUT2D eigenvalue weighted by Crippen LogP contribution is -2.36. The number of nitrogens with zero attached hydrogens (tertiary/aromatic N) is 4. The van der Waals surface area contributed by atoms with Gasteiger partial charge in [-0.2, -0.15) is 5.10 Å². The van der Waals surface area contributed by atoms with E-state index in [1.165, 1.54) is 6.33 Å². The molecule has 1 heterocycles. The van der Waals surface area contributed by atoms with Crippen LogP contribution in [0.1, 0.15) is 19.7 Å². The highest BCUT2D eigenvalue weighted by Gasteiger charge is 2.18. The summed E-state index contributed by atoms with van der Waals surface area (Å²) in [6.07, 6.45) is 1.48. The normalized spacial score (nSPS) is 13.1. The fourth-order valence-electron chi connectivity index (χ4n) is 1.22. The van der Waals surface area contributed by atoms with E-state index in [1.54, 1.807) is 23.6 Å². The molecule has 6 heteroatoms. The summed E-state index contributed by atoms with van der Waals surface area (Å²) in [6.45, 7) is 4.85. The Morgan fingerprint density at radius 3 is 2.93 bits per heavy atom. The number of hydrogen-bond donors (Lipinski definition) is 1. The lowest BCUT2D eigenvalue weighted by Gasteiger charge is -2.20. The lowest BCUT2D eigenvalue weighted by atomic mass is 10.3. The van der Waals surface area contributed by atoms with E-state index in [2.05, 4.69) is 10.1 Å². The average Bonchev–Trinajstić information content (AvgIpc) is 2.63. The van der Waals surface area contributed by atoms with E-state index >= 15 is 0 Å². The Morgan fingerprint density at radius 1 is 1.73 bits per heavy atom. The van der Waals surface area contributed by atoms with Crippen LogP contribution in [0, 0.1) is 0 Å². The van der Waals surface area contributed by atoms with Gasteiger partial charge < -0.3 is 5.11 Å². The minimum Gasteiger partial charge on any atom is -0.480 e. The molecule has 1 aromatic rings. The van der Waals surface area contributed by atoms with Crippen molar-refractivity contribution < 1.29 is 9.90 Å². The molecular formula is C9H16N4O2. The number of aromatic nitrogens is 3. The Hall–Kier alpha value is -1.43. The summed E-state index contributed by atoms with van der Waals surface area (Å²) in [7, 11) is 1.76. The summed E-state index contributed by atoms with van der Waals surface area (Å²) in [6, 6.07) is -0.521. The van der Waals surface area contributed by atoms with Crippen LogP contribution in [-0.2, 0) is 17.9 Å². The molecule has 1 aromatic heterocycles. The number of hydrogen-bond acceptors (Lipinski definition) is 4. The zero-order chi connectivity index (χ0) is 11.4. The third kappa shape index (κ3) is 2.76. The summed E-state index contributed by atoms with van der Waals surface area (Å²) in [5, 5.41) is 12.8. The molecule has 1 unspecified atom stereocenters. The van der Waals surface area contributed by atoms with E-state index in [0.29, 0.717) is 6.54 Å². The minimum absolute atomic E-state index is 0.487. The third-order valence-corrected chi connectivity index (χ3v) is 2.40. The fraction of sp³-hybridized carbons (Fsp3) is 0.667. The molecule has 0 saturated heterocycles. The predicted molar refractivity (Wildman–Crippen MR) is 54.3 cm³/mol. The summed E-state index contributed by atoms with van der Waals surface area (Å²) in [5.74, 6) is -0.0480. The van der Waals surface area contributed by atoms with Crippen molar-refractivity contribution in [3.8, 4) is 0 Å². The monoisotopic (exact) mass is 212 g/mol. The molecule has 1 rings (SSSR count). The van der Waals surface area contributed by atoms with Gasteiger partial charge in [-0.05, 0) is 20.9 Å². The number of aryl methyl sites for hydroxylation is 1. The first-order valence-electron chi connectivity index (χ1n) is 4.86. The van der Waals surface area contributed by atoms with Crippen molar-refractivity contribution in [1.29, 1.82) is 0 Å². The number of rotatable bonds is 5. The van der Waals surface area contributed by atoms with Crippen molar-refractivity contribution in [2.75, 3.05) is 7.05 Å². The maximum atomic E-state index is 10.7. The van der Waals surface area contributed by atoms with Crippen LogP contribution < -0.4 is 0 Å². The van der Waals surface area contributed by atoms with E-state index in [4.69, 9.17) is 5.11 Å². The lowest BCUT2D eigenvalue weighted by molar-refractivity contribution is -0.142. The van der Waals surface area contributed by atoms with Gasteiger partial charge in [0.2, 0.25) is 0 Å². The van der Waals surface area contributed by atoms with Crippen molar-refractivity contribution in [2.24, 2.45) is 0 Å². The van der Waals surface area contributed by atoms with Gasteiger partial charge in [-0.1, -0.05) is 0 Å². The highest BCUT2D eigenvalue weighted by atomic mass is 16.4. The molecule has 0 fully saturated rings. The van der Waals surface area contributed by atoms with E-state index in [0.717, 1.165) is 12.4 Å². The largest absolute Gasteiger partial charge is 0.480 e. The first-order valence-corrected chi connectivity index (χ1v) is 4.86. The highest BCUT2D eigenvalue weighted by Crippen LogP contribution is 2.03. The fourth-order valence-corrected chi connectivity index (χ4v) is 1.22. The molecule has 6 nitrogen and oxygen atoms in total. The van der Waals surface area contributed by atoms with Crippen molar-refractivity contribution >= 4 is 5.97 Å². The number of likely N-dealkylation sites (N-methyl/N-ethyl adjacent to an activating group) is 1. The van der Waals surface area contributed by atoms with Gasteiger partial charge in [-0.15, -0.1) is 0 Å². The molecule has 15 heavy (non-hydrogen) atoms. The third-order valence-electron chi connectivity index (χ3n) is 2.40. The van der Waals surface area contributed by atoms with E-state index in [1.807, 2.05) is 6.92 Å². The standard InChI is InChI=1S/C9H16N4O2/c1-4-13-8(10-6-11-13)5-12(3)7(2)9(14)15/h6-7H,4-5H2,1-3H3,(H,14,15). The zero-order valence-corrected chi connectivity index (χ0v) is 9.21. The zero-order valence-electron chi connectivity index (χ0n) is 9.21. The molecule has 1 N–H and O–H groups in total. The molecule has 84 valence electrons. The molecule has 0 aliphatic heterocycles. The van der Waals surface area contributed by atoms with Crippen LogP contribution in [-0.4, -0.2) is 43.8 Å². The van der Waals surface area contributed by atoms with E-state index in [9.17, 15) is 4.79 Å². The summed E-state index contributed by atoms with van der Waals surface area (Å²) >= 11 is 0. The van der Waals surface area contributed by atoms with Crippen LogP contribution >= 0.6 is 0 Å². The van der Waals surface area contributed by atoms with Gasteiger partial charge >= 0.3 is 5.97 Å². The van der Waals surface area contributed by atoms with Crippen LogP contribution in [0.2, 0.25) is 0 Å². The van der Waals surface area contributed by atoms with Gasteiger partial charge in [0.1, 0.15) is 18.2 Å². The molecule has 1 atom stereocenters. The van der Waals surface area contributed by atoms with Gasteiger partial charge in [-0.25, -0.2) is 9.67 Å². The summed E-state index contributed by atoms with van der Waals surface area (Å²) in [4.78, 5) is 16.5. The highest BCUT2D eigenvalue weighted by molar-refractivity contribution is 5.72. The molecule has 0 radical (unpaired) electrons. The summed E-state index contributed by atoms with van der Waals surface area (Å²) < 4.78 is 1.76. The number of carboxylic acids is 1. The molecule has 0 bridgehead atoms. The second kappa shape index (κ2) is 4.88. The quantitative estimate of drug-likeness (QED) is 0.755. The molecule has 0 aliphatic rings. The second-order valence-electron chi connectivity index (χ2n) is 3.42. The van der Waals surface area contributed by atoms with Crippen LogP contribution in [0.3, 0.4) is 0 Å². The Balaban J connectivity index is 2.65. The first-order chi connectivity index (χ1) is 7.06. The van der Waals surface area contributed by atoms with Gasteiger partial charge in [0.05, 0.1) is 6.54 Å². The topological polar surface area (TPSA) is 71.2 Å². The van der Waals surface area contributed by atoms with Crippen molar-refractivity contribution in [3.05, 3.63) is 12.2 Å². The minimum atomic E-state index is -0.833. The molecular weight excluding hydrogens is 196 g/mol. The van der Waals surface area contributed by atoms with Crippen molar-refractivity contribution in [2.45, 2.75) is 33.0 Å². The van der Waals surface area contributed by atoms with Crippen molar-refractivity contribution in [3.63, 3.8) is 0 Å². The molecule has 0 spiro atoms. The summed E-state index contributed by atoms with van der Waals surface area (Å²) in [5.41, 5.74) is 0. The average molecular weight is 212 g/mol. The maximum absolute atomic E-state index is 10.7. The molecule has 0 amide bonds. The second-order valence-corrected chi connectivity index (χ2v) is 3.42. The maximum Gasteiger partial charge on any atom is 0.320 e. The molecule has 0 aromatic carbocycles. The van der Waals surface area contributed by atoms with Crippen LogP contribution in [0.25, 0.3) is 0 Å². The van der Waals surface area contributed by atoms with Gasteiger partial charge in [0.15, 0.2) is 0 Å². The SMILES string of the molecule is CCn1ncnc1CN(C)C(C)C(=O)O. The molecule has 0 aliphatic carbocycles. The Bertz CT molecular complexity index is 337. The Labute approximate surface area is 88.5 Å². The van der Waals surface area contributed by atoms with Crippen LogP contribution in [0.5, 0.6) is 0 Å². The van der Waals surface area contributed by atoms with Gasteiger partial charge in [0.25, 0.3) is 0 Å².